The Hall–Kier alpha value is 0.680. The molecule has 0 fully saturated rings. The molecule has 0 radical (unpaired) electrons. The van der Waals surface area contributed by atoms with Crippen LogP contribution in [0.2, 0.25) is 0 Å². The lowest BCUT2D eigenvalue weighted by Crippen LogP contribution is -1.33. The molecule has 0 aromatic rings. The summed E-state index contributed by atoms with van der Waals surface area (Å²) in [5, 5.41) is 0. The molecule has 1 nitrogen and oxygen atoms in total. The van der Waals surface area contributed by atoms with E-state index in [-0.39, 0.29) is 24.8 Å². The second-order valence-corrected chi connectivity index (χ2v) is 2.44. The van der Waals surface area contributed by atoms with E-state index in [0.29, 0.717) is 0 Å². The normalized spacial score (nSPS) is 4.33. The van der Waals surface area contributed by atoms with Crippen molar-refractivity contribution in [3.8, 4) is 0 Å². The summed E-state index contributed by atoms with van der Waals surface area (Å²) < 4.78 is 9.59. The van der Waals surface area contributed by atoms with E-state index in [0.717, 1.165) is 0 Å². The van der Waals surface area contributed by atoms with Crippen LogP contribution in [0.5, 0.6) is 0 Å². The fourth-order valence-electron chi connectivity index (χ4n) is 0. The zero-order valence-electron chi connectivity index (χ0n) is 3.67. The lowest BCUT2D eigenvalue weighted by atomic mass is 11.9. The van der Waals surface area contributed by atoms with E-state index < -0.39 is 7.80 Å². The van der Waals surface area contributed by atoms with Gasteiger partial charge in [0.15, 0.2) is 0 Å². The number of rotatable bonds is 0. The van der Waals surface area contributed by atoms with Crippen molar-refractivity contribution in [1.29, 1.82) is 0 Å². The van der Waals surface area contributed by atoms with Gasteiger partial charge in [0.25, 0.3) is 0 Å². The van der Waals surface area contributed by atoms with Gasteiger partial charge in [-0.3, -0.25) is 0 Å². The van der Waals surface area contributed by atoms with Gasteiger partial charge >= 0.3 is 7.80 Å². The van der Waals surface area contributed by atoms with E-state index in [1.807, 2.05) is 0 Å². The molecule has 0 bridgehead atoms. The number of hydrogen-bond acceptors (Lipinski definition) is 1. The van der Waals surface area contributed by atoms with E-state index in [9.17, 15) is 4.57 Å². The molecule has 6 heavy (non-hydrogen) atoms. The summed E-state index contributed by atoms with van der Waals surface area (Å²) in [6.45, 7) is 3.35. The van der Waals surface area contributed by atoms with Crippen LogP contribution < -0.4 is 0 Å². The van der Waals surface area contributed by atoms with E-state index in [4.69, 9.17) is 0 Å². The molecular formula is C2H8Cl2OP+. The first-order chi connectivity index (χ1) is 1.73. The van der Waals surface area contributed by atoms with Gasteiger partial charge < -0.3 is 0 Å². The van der Waals surface area contributed by atoms with Crippen molar-refractivity contribution in [3.05, 3.63) is 0 Å². The summed E-state index contributed by atoms with van der Waals surface area (Å²) in [6.07, 6.45) is 0. The Bertz CT molecular complexity index is 34.5. The van der Waals surface area contributed by atoms with Crippen molar-refractivity contribution in [2.75, 3.05) is 13.3 Å². The minimum Gasteiger partial charge on any atom is -0.147 e. The van der Waals surface area contributed by atoms with Crippen molar-refractivity contribution >= 4 is 32.6 Å². The molecule has 0 saturated heterocycles. The predicted molar refractivity (Wildman–Crippen MR) is 34.0 cm³/mol. The first-order valence-electron chi connectivity index (χ1n) is 1.08. The molecule has 0 aliphatic rings. The third-order valence-corrected chi connectivity index (χ3v) is 0. The summed E-state index contributed by atoms with van der Waals surface area (Å²) >= 11 is 0. The highest BCUT2D eigenvalue weighted by molar-refractivity contribution is 7.42. The van der Waals surface area contributed by atoms with Crippen LogP contribution in [-0.4, -0.2) is 13.3 Å². The van der Waals surface area contributed by atoms with Crippen molar-refractivity contribution in [2.24, 2.45) is 0 Å². The molecule has 0 aromatic carbocycles. The molecule has 0 heterocycles. The Morgan fingerprint density at radius 1 is 1.17 bits per heavy atom. The van der Waals surface area contributed by atoms with Gasteiger partial charge in [-0.25, -0.2) is 0 Å². The fraction of sp³-hybridized carbons (Fsp3) is 1.00. The second-order valence-electron chi connectivity index (χ2n) is 0.812. The molecule has 40 valence electrons. The zero-order valence-corrected chi connectivity index (χ0v) is 6.20. The van der Waals surface area contributed by atoms with Gasteiger partial charge in [0.05, 0.1) is 0 Å². The van der Waals surface area contributed by atoms with Gasteiger partial charge in [-0.1, -0.05) is 4.57 Å². The molecule has 0 unspecified atom stereocenters. The summed E-state index contributed by atoms with van der Waals surface area (Å²) in [7, 11) is -0.870. The van der Waals surface area contributed by atoms with E-state index in [2.05, 4.69) is 0 Å². The summed E-state index contributed by atoms with van der Waals surface area (Å²) in [6, 6.07) is 0. The first-order valence-corrected chi connectivity index (χ1v) is 3.23. The second kappa shape index (κ2) is 9.19. The summed E-state index contributed by atoms with van der Waals surface area (Å²) in [5.41, 5.74) is 0. The quantitative estimate of drug-likeness (QED) is 0.482. The molecule has 0 aliphatic heterocycles. The zero-order chi connectivity index (χ0) is 3.58. The van der Waals surface area contributed by atoms with Crippen molar-refractivity contribution in [2.45, 2.75) is 0 Å². The van der Waals surface area contributed by atoms with Crippen LogP contribution in [0.4, 0.5) is 0 Å². The molecule has 0 aliphatic carbocycles. The molecule has 0 aromatic heterocycles. The van der Waals surface area contributed by atoms with E-state index in [1.54, 1.807) is 13.3 Å². The highest BCUT2D eigenvalue weighted by Crippen LogP contribution is 2.00. The van der Waals surface area contributed by atoms with Crippen molar-refractivity contribution < 1.29 is 4.57 Å². The molecule has 0 saturated carbocycles. The minimum absolute atomic E-state index is 0. The maximum absolute atomic E-state index is 9.59. The molecule has 0 amide bonds. The van der Waals surface area contributed by atoms with Crippen LogP contribution in [0.15, 0.2) is 0 Å². The SMILES string of the molecule is C[P+](C)=O.Cl.Cl. The Morgan fingerprint density at radius 2 is 1.17 bits per heavy atom. The lowest BCUT2D eigenvalue weighted by molar-refractivity contribution is 0.594. The predicted octanol–water partition coefficient (Wildman–Crippen LogP) is 1.92. The molecule has 0 N–H and O–H groups in total. The monoisotopic (exact) mass is 149 g/mol. The molecule has 4 heteroatoms. The van der Waals surface area contributed by atoms with Gasteiger partial charge in [0.2, 0.25) is 0 Å². The Labute approximate surface area is 51.1 Å². The Morgan fingerprint density at radius 3 is 1.17 bits per heavy atom. The average molecular weight is 150 g/mol. The topological polar surface area (TPSA) is 17.1 Å². The smallest absolute Gasteiger partial charge is 0.147 e. The highest BCUT2D eigenvalue weighted by Gasteiger charge is 1.80. The van der Waals surface area contributed by atoms with Crippen LogP contribution in [0.25, 0.3) is 0 Å². The van der Waals surface area contributed by atoms with Crippen LogP contribution >= 0.6 is 32.6 Å². The van der Waals surface area contributed by atoms with Gasteiger partial charge in [0.1, 0.15) is 13.3 Å². The number of hydrogen-bond donors (Lipinski definition) is 0. The Kier molecular flexibility index (Phi) is 24.4. The van der Waals surface area contributed by atoms with Crippen LogP contribution in [0, 0.1) is 0 Å². The van der Waals surface area contributed by atoms with Gasteiger partial charge in [0, 0.05) is 0 Å². The average Bonchev–Trinajstić information content (AvgIpc) is 0.811. The third kappa shape index (κ3) is 137. The van der Waals surface area contributed by atoms with Crippen LogP contribution in [0.1, 0.15) is 0 Å². The molecular weight excluding hydrogens is 142 g/mol. The largest absolute Gasteiger partial charge is 0.332 e. The van der Waals surface area contributed by atoms with E-state index >= 15 is 0 Å². The van der Waals surface area contributed by atoms with Crippen molar-refractivity contribution in [3.63, 3.8) is 0 Å². The summed E-state index contributed by atoms with van der Waals surface area (Å²) in [4.78, 5) is 0. The maximum atomic E-state index is 9.59. The molecule has 0 spiro atoms. The maximum Gasteiger partial charge on any atom is 0.332 e. The summed E-state index contributed by atoms with van der Waals surface area (Å²) in [5.74, 6) is 0. The number of halogens is 2. The van der Waals surface area contributed by atoms with Crippen molar-refractivity contribution in [1.82, 2.24) is 0 Å². The third-order valence-electron chi connectivity index (χ3n) is 0. The van der Waals surface area contributed by atoms with Crippen LogP contribution in [-0.2, 0) is 4.57 Å². The van der Waals surface area contributed by atoms with Gasteiger partial charge in [-0.05, 0) is 0 Å². The lowest BCUT2D eigenvalue weighted by Gasteiger charge is -1.37. The fourth-order valence-corrected chi connectivity index (χ4v) is 0. The first kappa shape index (κ1) is 15.9. The molecule has 0 rings (SSSR count). The highest BCUT2D eigenvalue weighted by atomic mass is 35.5. The van der Waals surface area contributed by atoms with Gasteiger partial charge in [-0.15, -0.1) is 24.8 Å². The van der Waals surface area contributed by atoms with Crippen LogP contribution in [0.3, 0.4) is 0 Å². The van der Waals surface area contributed by atoms with E-state index in [1.165, 1.54) is 0 Å². The van der Waals surface area contributed by atoms with Gasteiger partial charge in [-0.2, -0.15) is 0 Å². The standard InChI is InChI=1S/C2H6OP.2ClH/c1-4(2)3;;/h1-2H3;2*1H/q+1;;. The minimum atomic E-state index is -0.870. The Balaban J connectivity index is -0.0000000450. The molecule has 0 atom stereocenters.